The minimum Gasteiger partial charge on any atom is -0.354 e. The molecule has 2 aromatic carbocycles. The Morgan fingerprint density at radius 2 is 1.74 bits per heavy atom. The standard InChI is InChI=1S/C24H28N4O3/c1-17-8-7-11-19(23(30)27-13-5-6-14-27)22(17)26-24(31)28-15-12-25-21(29)16-20(28)18-9-3-2-4-10-18/h2-4,7-11,20H,5-6,12-16H2,1H3,(H,25,29)(H,26,31). The number of amides is 4. The van der Waals surface area contributed by atoms with Crippen molar-refractivity contribution in [3.05, 3.63) is 65.2 Å². The number of aryl methyl sites for hydroxylation is 1. The lowest BCUT2D eigenvalue weighted by atomic mass is 10.0. The summed E-state index contributed by atoms with van der Waals surface area (Å²) in [5.74, 6) is -0.131. The van der Waals surface area contributed by atoms with Gasteiger partial charge in [0.15, 0.2) is 0 Å². The lowest BCUT2D eigenvalue weighted by Gasteiger charge is -2.30. The van der Waals surface area contributed by atoms with E-state index in [-0.39, 0.29) is 30.3 Å². The average Bonchev–Trinajstić information content (AvgIpc) is 3.24. The smallest absolute Gasteiger partial charge is 0.322 e. The summed E-state index contributed by atoms with van der Waals surface area (Å²) in [6, 6.07) is 14.4. The number of urea groups is 1. The van der Waals surface area contributed by atoms with Gasteiger partial charge in [-0.2, -0.15) is 0 Å². The van der Waals surface area contributed by atoms with Crippen molar-refractivity contribution in [3.63, 3.8) is 0 Å². The second-order valence-corrected chi connectivity index (χ2v) is 8.10. The Kier molecular flexibility index (Phi) is 6.21. The molecule has 2 aliphatic heterocycles. The molecule has 4 amide bonds. The van der Waals surface area contributed by atoms with E-state index in [4.69, 9.17) is 0 Å². The number of para-hydroxylation sites is 1. The number of nitrogens with one attached hydrogen (secondary N) is 2. The van der Waals surface area contributed by atoms with E-state index in [0.717, 1.165) is 37.1 Å². The van der Waals surface area contributed by atoms with Crippen molar-refractivity contribution in [2.45, 2.75) is 32.2 Å². The van der Waals surface area contributed by atoms with Crippen LogP contribution in [0.15, 0.2) is 48.5 Å². The summed E-state index contributed by atoms with van der Waals surface area (Å²) in [6.45, 7) is 4.16. The van der Waals surface area contributed by atoms with Crippen LogP contribution in [0.4, 0.5) is 10.5 Å². The highest BCUT2D eigenvalue weighted by molar-refractivity contribution is 6.04. The monoisotopic (exact) mass is 420 g/mol. The maximum atomic E-state index is 13.4. The third-order valence-corrected chi connectivity index (χ3v) is 6.00. The fourth-order valence-corrected chi connectivity index (χ4v) is 4.33. The van der Waals surface area contributed by atoms with Gasteiger partial charge in [0, 0.05) is 26.2 Å². The third-order valence-electron chi connectivity index (χ3n) is 6.00. The predicted molar refractivity (Wildman–Crippen MR) is 119 cm³/mol. The normalized spacial score (nSPS) is 19.0. The molecule has 0 aliphatic carbocycles. The number of hydrogen-bond donors (Lipinski definition) is 2. The van der Waals surface area contributed by atoms with Crippen molar-refractivity contribution in [2.75, 3.05) is 31.5 Å². The molecule has 2 saturated heterocycles. The molecule has 7 heteroatoms. The molecule has 162 valence electrons. The van der Waals surface area contributed by atoms with E-state index in [1.807, 2.05) is 54.3 Å². The topological polar surface area (TPSA) is 81.8 Å². The minimum absolute atomic E-state index is 0.0520. The van der Waals surface area contributed by atoms with E-state index in [0.29, 0.717) is 24.3 Å². The van der Waals surface area contributed by atoms with E-state index < -0.39 is 0 Å². The van der Waals surface area contributed by atoms with Crippen LogP contribution in [0.2, 0.25) is 0 Å². The molecule has 0 aromatic heterocycles. The Bertz CT molecular complexity index is 970. The van der Waals surface area contributed by atoms with Crippen LogP contribution in [0.5, 0.6) is 0 Å². The van der Waals surface area contributed by atoms with Crippen molar-refractivity contribution in [1.82, 2.24) is 15.1 Å². The van der Waals surface area contributed by atoms with E-state index in [9.17, 15) is 14.4 Å². The number of carbonyl (C=O) groups excluding carboxylic acids is 3. The molecular weight excluding hydrogens is 392 g/mol. The van der Waals surface area contributed by atoms with Crippen LogP contribution in [0.3, 0.4) is 0 Å². The Morgan fingerprint density at radius 1 is 1.00 bits per heavy atom. The van der Waals surface area contributed by atoms with Crippen molar-refractivity contribution >= 4 is 23.5 Å². The fraction of sp³-hybridized carbons (Fsp3) is 0.375. The molecule has 2 fully saturated rings. The highest BCUT2D eigenvalue weighted by Crippen LogP contribution is 2.29. The maximum Gasteiger partial charge on any atom is 0.322 e. The van der Waals surface area contributed by atoms with Gasteiger partial charge in [-0.3, -0.25) is 9.59 Å². The summed E-state index contributed by atoms with van der Waals surface area (Å²) in [5, 5.41) is 5.85. The first-order chi connectivity index (χ1) is 15.0. The second kappa shape index (κ2) is 9.20. The van der Waals surface area contributed by atoms with Crippen LogP contribution in [-0.4, -0.2) is 53.8 Å². The molecule has 0 bridgehead atoms. The summed E-state index contributed by atoms with van der Waals surface area (Å²) < 4.78 is 0. The van der Waals surface area contributed by atoms with Gasteiger partial charge < -0.3 is 20.4 Å². The Hall–Kier alpha value is -3.35. The minimum atomic E-state index is -0.370. The Balaban J connectivity index is 1.62. The van der Waals surface area contributed by atoms with Gasteiger partial charge in [0.1, 0.15) is 0 Å². The molecule has 2 heterocycles. The van der Waals surface area contributed by atoms with Crippen molar-refractivity contribution in [3.8, 4) is 0 Å². The summed E-state index contributed by atoms with van der Waals surface area (Å²) in [7, 11) is 0. The van der Waals surface area contributed by atoms with Gasteiger partial charge in [-0.05, 0) is 37.0 Å². The van der Waals surface area contributed by atoms with Gasteiger partial charge in [0.2, 0.25) is 5.91 Å². The molecule has 2 aromatic rings. The van der Waals surface area contributed by atoms with Crippen LogP contribution in [0.25, 0.3) is 0 Å². The summed E-state index contributed by atoms with van der Waals surface area (Å²) in [6.07, 6.45) is 2.21. The van der Waals surface area contributed by atoms with Crippen molar-refractivity contribution < 1.29 is 14.4 Å². The zero-order valence-electron chi connectivity index (χ0n) is 17.8. The zero-order chi connectivity index (χ0) is 21.8. The predicted octanol–water partition coefficient (Wildman–Crippen LogP) is 3.33. The zero-order valence-corrected chi connectivity index (χ0v) is 17.8. The van der Waals surface area contributed by atoms with Gasteiger partial charge in [0.05, 0.1) is 23.7 Å². The van der Waals surface area contributed by atoms with E-state index in [2.05, 4.69) is 10.6 Å². The van der Waals surface area contributed by atoms with Gasteiger partial charge in [0.25, 0.3) is 5.91 Å². The van der Waals surface area contributed by atoms with Gasteiger partial charge >= 0.3 is 6.03 Å². The molecule has 2 N–H and O–H groups in total. The van der Waals surface area contributed by atoms with E-state index in [1.54, 1.807) is 11.0 Å². The number of hydrogen-bond acceptors (Lipinski definition) is 3. The Labute approximate surface area is 182 Å². The summed E-state index contributed by atoms with van der Waals surface area (Å²) >= 11 is 0. The molecule has 4 rings (SSSR count). The highest BCUT2D eigenvalue weighted by atomic mass is 16.2. The SMILES string of the molecule is Cc1cccc(C(=O)N2CCCC2)c1NC(=O)N1CCNC(=O)CC1c1ccccc1. The number of anilines is 1. The van der Waals surface area contributed by atoms with Crippen LogP contribution < -0.4 is 10.6 Å². The summed E-state index contributed by atoms with van der Waals surface area (Å²) in [5.41, 5.74) is 2.79. The number of carbonyl (C=O) groups is 3. The Morgan fingerprint density at radius 3 is 2.48 bits per heavy atom. The molecule has 1 atom stereocenters. The van der Waals surface area contributed by atoms with Crippen LogP contribution in [0.1, 0.15) is 46.8 Å². The highest BCUT2D eigenvalue weighted by Gasteiger charge is 2.31. The molecule has 0 spiro atoms. The second-order valence-electron chi connectivity index (χ2n) is 8.10. The molecule has 31 heavy (non-hydrogen) atoms. The fourth-order valence-electron chi connectivity index (χ4n) is 4.33. The van der Waals surface area contributed by atoms with E-state index in [1.165, 1.54) is 0 Å². The molecule has 0 radical (unpaired) electrons. The van der Waals surface area contributed by atoms with E-state index >= 15 is 0 Å². The summed E-state index contributed by atoms with van der Waals surface area (Å²) in [4.78, 5) is 42.2. The lowest BCUT2D eigenvalue weighted by molar-refractivity contribution is -0.121. The molecule has 1 unspecified atom stereocenters. The molecule has 2 aliphatic rings. The van der Waals surface area contributed by atoms with Crippen molar-refractivity contribution in [2.24, 2.45) is 0 Å². The number of rotatable bonds is 3. The molecule has 0 saturated carbocycles. The van der Waals surface area contributed by atoms with Crippen LogP contribution in [0, 0.1) is 6.92 Å². The maximum absolute atomic E-state index is 13.4. The third kappa shape index (κ3) is 4.55. The number of benzene rings is 2. The van der Waals surface area contributed by atoms with Gasteiger partial charge in [-0.15, -0.1) is 0 Å². The molecular formula is C24H28N4O3. The quantitative estimate of drug-likeness (QED) is 0.799. The first-order valence-corrected chi connectivity index (χ1v) is 10.8. The van der Waals surface area contributed by atoms with Gasteiger partial charge in [-0.25, -0.2) is 4.79 Å². The van der Waals surface area contributed by atoms with Crippen LogP contribution >= 0.6 is 0 Å². The average molecular weight is 421 g/mol. The van der Waals surface area contributed by atoms with Crippen LogP contribution in [-0.2, 0) is 4.79 Å². The van der Waals surface area contributed by atoms with Gasteiger partial charge in [-0.1, -0.05) is 42.5 Å². The first-order valence-electron chi connectivity index (χ1n) is 10.8. The lowest BCUT2D eigenvalue weighted by Crippen LogP contribution is -2.40. The molecule has 7 nitrogen and oxygen atoms in total. The largest absolute Gasteiger partial charge is 0.354 e. The first kappa shape index (κ1) is 20.9. The van der Waals surface area contributed by atoms with Crippen molar-refractivity contribution in [1.29, 1.82) is 0 Å². The number of likely N-dealkylation sites (tertiary alicyclic amines) is 1. The number of nitrogens with zero attached hydrogens (tertiary/aromatic N) is 2.